The van der Waals surface area contributed by atoms with Crippen molar-refractivity contribution in [2.75, 3.05) is 7.11 Å². The first-order chi connectivity index (χ1) is 13.7. The Hall–Kier alpha value is -2.62. The summed E-state index contributed by atoms with van der Waals surface area (Å²) in [6, 6.07) is 6.68. The van der Waals surface area contributed by atoms with Gasteiger partial charge < -0.3 is 14.2 Å². The van der Waals surface area contributed by atoms with Crippen molar-refractivity contribution >= 4 is 40.4 Å². The van der Waals surface area contributed by atoms with Gasteiger partial charge in [0, 0.05) is 10.0 Å². The standard InChI is InChI=1S/C20H26BrN3O6/c1-18(2,3)29-16(26)23-12-22-20(15(25)28-7,13-10-8-9-11-14(13)21)24(23)17(27)30-19(4,5)6/h8-12H,1-7H3/t20-/m0/s1. The fraction of sp³-hybridized carbons (Fsp3) is 0.500. The number of hydrazine groups is 1. The minimum absolute atomic E-state index is 0.282. The van der Waals surface area contributed by atoms with Gasteiger partial charge in [0.15, 0.2) is 0 Å². The summed E-state index contributed by atoms with van der Waals surface area (Å²) < 4.78 is 16.3. The first kappa shape index (κ1) is 23.7. The maximum atomic E-state index is 13.2. The van der Waals surface area contributed by atoms with E-state index in [2.05, 4.69) is 20.9 Å². The number of methoxy groups -OCH3 is 1. The predicted octanol–water partition coefficient (Wildman–Crippen LogP) is 4.21. The molecule has 0 aromatic heterocycles. The summed E-state index contributed by atoms with van der Waals surface area (Å²) in [5.74, 6) is -0.887. The molecule has 30 heavy (non-hydrogen) atoms. The molecule has 1 atom stereocenters. The van der Waals surface area contributed by atoms with Crippen LogP contribution < -0.4 is 0 Å². The van der Waals surface area contributed by atoms with E-state index in [1.807, 2.05) is 0 Å². The van der Waals surface area contributed by atoms with Crippen LogP contribution in [0.3, 0.4) is 0 Å². The molecule has 2 amide bonds. The molecule has 2 rings (SSSR count). The third kappa shape index (κ3) is 4.75. The van der Waals surface area contributed by atoms with Crippen molar-refractivity contribution in [3.8, 4) is 0 Å². The normalized spacial score (nSPS) is 18.9. The van der Waals surface area contributed by atoms with Gasteiger partial charge in [-0.3, -0.25) is 0 Å². The average molecular weight is 484 g/mol. The number of carbonyl (C=O) groups is 3. The van der Waals surface area contributed by atoms with E-state index < -0.39 is 35.0 Å². The molecule has 0 bridgehead atoms. The highest BCUT2D eigenvalue weighted by atomic mass is 79.9. The molecule has 0 spiro atoms. The molecule has 0 saturated carbocycles. The van der Waals surface area contributed by atoms with Crippen LogP contribution in [-0.4, -0.2) is 52.8 Å². The Bertz CT molecular complexity index is 874. The van der Waals surface area contributed by atoms with Gasteiger partial charge >= 0.3 is 18.2 Å². The number of ether oxygens (including phenoxy) is 3. The van der Waals surface area contributed by atoms with Crippen LogP contribution in [0.1, 0.15) is 47.1 Å². The molecule has 164 valence electrons. The number of halogens is 1. The Balaban J connectivity index is 2.68. The van der Waals surface area contributed by atoms with Crippen LogP contribution in [-0.2, 0) is 24.7 Å². The monoisotopic (exact) mass is 483 g/mol. The average Bonchev–Trinajstić information content (AvgIpc) is 3.00. The Morgan fingerprint density at radius 1 is 0.967 bits per heavy atom. The number of nitrogens with zero attached hydrogens (tertiary/aromatic N) is 3. The molecule has 0 radical (unpaired) electrons. The molecule has 0 N–H and O–H groups in total. The second-order valence-electron chi connectivity index (χ2n) is 8.51. The van der Waals surface area contributed by atoms with Crippen molar-refractivity contribution in [1.29, 1.82) is 0 Å². The van der Waals surface area contributed by atoms with Crippen LogP contribution >= 0.6 is 15.9 Å². The fourth-order valence-electron chi connectivity index (χ4n) is 2.68. The zero-order valence-corrected chi connectivity index (χ0v) is 19.6. The lowest BCUT2D eigenvalue weighted by Gasteiger charge is -2.38. The second-order valence-corrected chi connectivity index (χ2v) is 9.36. The molecule has 0 saturated heterocycles. The van der Waals surface area contributed by atoms with Crippen LogP contribution in [0.4, 0.5) is 9.59 Å². The molecule has 1 aromatic rings. The fourth-order valence-corrected chi connectivity index (χ4v) is 3.24. The van der Waals surface area contributed by atoms with Crippen LogP contribution in [0, 0.1) is 0 Å². The molecular weight excluding hydrogens is 458 g/mol. The topological polar surface area (TPSA) is 97.7 Å². The van der Waals surface area contributed by atoms with Gasteiger partial charge in [-0.2, -0.15) is 10.0 Å². The zero-order chi connectivity index (χ0) is 22.9. The minimum atomic E-state index is -2.03. The molecular formula is C20H26BrN3O6. The summed E-state index contributed by atoms with van der Waals surface area (Å²) in [5.41, 5.74) is -3.51. The summed E-state index contributed by atoms with van der Waals surface area (Å²) in [6.07, 6.45) is -0.837. The molecule has 0 unspecified atom stereocenters. The number of esters is 1. The molecule has 1 aliphatic rings. The van der Waals surface area contributed by atoms with E-state index in [9.17, 15) is 14.4 Å². The summed E-state index contributed by atoms with van der Waals surface area (Å²) in [5, 5.41) is 1.62. The maximum absolute atomic E-state index is 13.2. The molecule has 1 aliphatic heterocycles. The SMILES string of the molecule is COC(=O)[C@@]1(c2ccccc2Br)N=CN(C(=O)OC(C)(C)C)N1C(=O)OC(C)(C)C. The van der Waals surface area contributed by atoms with Gasteiger partial charge in [0.2, 0.25) is 0 Å². The highest BCUT2D eigenvalue weighted by Gasteiger charge is 2.59. The third-order valence-electron chi connectivity index (χ3n) is 3.74. The Morgan fingerprint density at radius 3 is 2.00 bits per heavy atom. The molecule has 0 aliphatic carbocycles. The number of aliphatic imine (C=N–C) groups is 1. The van der Waals surface area contributed by atoms with E-state index in [1.54, 1.807) is 65.8 Å². The van der Waals surface area contributed by atoms with Crippen LogP contribution in [0.25, 0.3) is 0 Å². The Labute approximate surface area is 184 Å². The Morgan fingerprint density at radius 2 is 1.50 bits per heavy atom. The number of amides is 2. The third-order valence-corrected chi connectivity index (χ3v) is 4.43. The van der Waals surface area contributed by atoms with Crippen molar-refractivity contribution in [2.45, 2.75) is 58.4 Å². The lowest BCUT2D eigenvalue weighted by atomic mass is 9.99. The lowest BCUT2D eigenvalue weighted by Crippen LogP contribution is -2.59. The Kier molecular flexibility index (Phi) is 6.51. The van der Waals surface area contributed by atoms with E-state index in [0.29, 0.717) is 4.47 Å². The highest BCUT2D eigenvalue weighted by molar-refractivity contribution is 9.10. The summed E-state index contributed by atoms with van der Waals surface area (Å²) >= 11 is 3.39. The summed E-state index contributed by atoms with van der Waals surface area (Å²) in [7, 11) is 1.17. The first-order valence-corrected chi connectivity index (χ1v) is 9.96. The van der Waals surface area contributed by atoms with Gasteiger partial charge in [-0.25, -0.2) is 19.4 Å². The second kappa shape index (κ2) is 8.25. The van der Waals surface area contributed by atoms with Crippen LogP contribution in [0.2, 0.25) is 0 Å². The van der Waals surface area contributed by atoms with Crippen molar-refractivity contribution in [3.63, 3.8) is 0 Å². The quantitative estimate of drug-likeness (QED) is 0.461. The van der Waals surface area contributed by atoms with Gasteiger partial charge in [-0.05, 0) is 47.6 Å². The van der Waals surface area contributed by atoms with Crippen molar-refractivity contribution in [1.82, 2.24) is 10.0 Å². The van der Waals surface area contributed by atoms with Gasteiger partial charge in [0.05, 0.1) is 7.11 Å². The molecule has 10 heteroatoms. The number of hydrogen-bond acceptors (Lipinski definition) is 7. The van der Waals surface area contributed by atoms with E-state index in [-0.39, 0.29) is 5.56 Å². The van der Waals surface area contributed by atoms with E-state index in [4.69, 9.17) is 14.2 Å². The molecule has 1 heterocycles. The first-order valence-electron chi connectivity index (χ1n) is 9.17. The summed E-state index contributed by atoms with van der Waals surface area (Å²) in [4.78, 5) is 43.4. The molecule has 0 fully saturated rings. The molecule has 1 aromatic carbocycles. The maximum Gasteiger partial charge on any atom is 0.435 e. The van der Waals surface area contributed by atoms with Crippen molar-refractivity contribution < 1.29 is 28.6 Å². The number of hydrogen-bond donors (Lipinski definition) is 0. The smallest absolute Gasteiger partial charge is 0.435 e. The van der Waals surface area contributed by atoms with Gasteiger partial charge in [0.25, 0.3) is 5.66 Å². The minimum Gasteiger partial charge on any atom is -0.465 e. The van der Waals surface area contributed by atoms with E-state index in [1.165, 1.54) is 7.11 Å². The predicted molar refractivity (Wildman–Crippen MR) is 112 cm³/mol. The van der Waals surface area contributed by atoms with Crippen LogP contribution in [0.5, 0.6) is 0 Å². The highest BCUT2D eigenvalue weighted by Crippen LogP contribution is 2.41. The van der Waals surface area contributed by atoms with Gasteiger partial charge in [-0.15, -0.1) is 0 Å². The van der Waals surface area contributed by atoms with Crippen LogP contribution in [0.15, 0.2) is 33.7 Å². The van der Waals surface area contributed by atoms with E-state index in [0.717, 1.165) is 16.4 Å². The summed E-state index contributed by atoms with van der Waals surface area (Å²) in [6.45, 7) is 10.0. The van der Waals surface area contributed by atoms with Gasteiger partial charge in [-0.1, -0.05) is 34.1 Å². The number of carbonyl (C=O) groups excluding carboxylic acids is 3. The van der Waals surface area contributed by atoms with E-state index >= 15 is 0 Å². The van der Waals surface area contributed by atoms with Crippen molar-refractivity contribution in [3.05, 3.63) is 34.3 Å². The van der Waals surface area contributed by atoms with Gasteiger partial charge in [0.1, 0.15) is 17.5 Å². The lowest BCUT2D eigenvalue weighted by molar-refractivity contribution is -0.161. The zero-order valence-electron chi connectivity index (χ0n) is 18.1. The number of benzene rings is 1. The molecule has 9 nitrogen and oxygen atoms in total. The largest absolute Gasteiger partial charge is 0.465 e. The number of rotatable bonds is 2. The van der Waals surface area contributed by atoms with Crippen molar-refractivity contribution in [2.24, 2.45) is 4.99 Å².